The first-order valence-corrected chi connectivity index (χ1v) is 3.85. The lowest BCUT2D eigenvalue weighted by atomic mass is 10.0. The Hall–Kier alpha value is -1.65. The normalized spacial score (nSPS) is 10.6. The number of Topliss-reactive ketones (excluding diaryl/α,β-unsaturated/α-hetero) is 1. The Morgan fingerprint density at radius 3 is 2.50 bits per heavy atom. The van der Waals surface area contributed by atoms with E-state index in [2.05, 4.69) is 0 Å². The van der Waals surface area contributed by atoms with Crippen molar-refractivity contribution in [3.05, 3.63) is 23.3 Å². The van der Waals surface area contributed by atoms with Gasteiger partial charge in [-0.05, 0) is 19.1 Å². The van der Waals surface area contributed by atoms with Crippen LogP contribution in [0.1, 0.15) is 29.3 Å². The predicted octanol–water partition coefficient (Wildman–Crippen LogP) is 2.11. The highest BCUT2D eigenvalue weighted by Gasteiger charge is 2.15. The summed E-state index contributed by atoms with van der Waals surface area (Å²) in [5, 5.41) is 9.17. The zero-order chi connectivity index (χ0) is 10.9. The number of carbonyl (C=O) groups excluding carboxylic acids is 1. The molecule has 0 saturated heterocycles. The third-order valence-electron chi connectivity index (χ3n) is 1.81. The van der Waals surface area contributed by atoms with Crippen molar-refractivity contribution in [2.24, 2.45) is 0 Å². The number of benzene rings is 1. The van der Waals surface area contributed by atoms with Crippen LogP contribution in [0.5, 0.6) is 5.75 Å². The van der Waals surface area contributed by atoms with Crippen LogP contribution in [0.15, 0.2) is 12.1 Å². The Morgan fingerprint density at radius 1 is 1.50 bits per heavy atom. The van der Waals surface area contributed by atoms with Crippen LogP contribution >= 0.6 is 0 Å². The molecule has 0 bridgehead atoms. The number of nitrogens with two attached hydrogens (primary N) is 1. The lowest BCUT2D eigenvalue weighted by molar-refractivity contribution is 0.101. The summed E-state index contributed by atoms with van der Waals surface area (Å²) >= 11 is 0. The molecule has 1 aromatic carbocycles. The molecule has 0 aliphatic rings. The van der Waals surface area contributed by atoms with Crippen LogP contribution in [0.2, 0.25) is 0 Å². The molecule has 0 spiro atoms. The largest absolute Gasteiger partial charge is 0.506 e. The summed E-state index contributed by atoms with van der Waals surface area (Å²) in [5.41, 5.74) is 4.67. The predicted molar refractivity (Wildman–Crippen MR) is 47.5 cm³/mol. The van der Waals surface area contributed by atoms with Gasteiger partial charge in [-0.1, -0.05) is 0 Å². The number of carbonyl (C=O) groups is 1. The summed E-state index contributed by atoms with van der Waals surface area (Å²) < 4.78 is 24.5. The van der Waals surface area contributed by atoms with Crippen molar-refractivity contribution >= 4 is 11.5 Å². The maximum absolute atomic E-state index is 12.3. The van der Waals surface area contributed by atoms with E-state index in [1.165, 1.54) is 6.92 Å². The zero-order valence-corrected chi connectivity index (χ0v) is 7.42. The van der Waals surface area contributed by atoms with Gasteiger partial charge in [0.2, 0.25) is 0 Å². The van der Waals surface area contributed by atoms with Gasteiger partial charge in [0.1, 0.15) is 5.75 Å². The molecule has 0 saturated carbocycles. The molecule has 0 aromatic heterocycles. The SMILES string of the molecule is CC(=O)c1cc(C(F)F)cc(O)c1N. The first-order chi connectivity index (χ1) is 6.43. The molecule has 3 nitrogen and oxygen atoms in total. The molecule has 76 valence electrons. The fourth-order valence-electron chi connectivity index (χ4n) is 1.08. The molecule has 0 aliphatic heterocycles. The quantitative estimate of drug-likeness (QED) is 0.437. The highest BCUT2D eigenvalue weighted by Crippen LogP contribution is 2.31. The van der Waals surface area contributed by atoms with Crippen LogP contribution in [0.4, 0.5) is 14.5 Å². The average Bonchev–Trinajstić information content (AvgIpc) is 2.08. The summed E-state index contributed by atoms with van der Waals surface area (Å²) in [6.45, 7) is 1.19. The minimum Gasteiger partial charge on any atom is -0.506 e. The van der Waals surface area contributed by atoms with Crippen molar-refractivity contribution in [1.29, 1.82) is 0 Å². The summed E-state index contributed by atoms with van der Waals surface area (Å²) in [4.78, 5) is 11.0. The van der Waals surface area contributed by atoms with Gasteiger partial charge < -0.3 is 10.8 Å². The second-order valence-corrected chi connectivity index (χ2v) is 2.86. The molecule has 1 aromatic rings. The van der Waals surface area contributed by atoms with Gasteiger partial charge in [0.15, 0.2) is 5.78 Å². The smallest absolute Gasteiger partial charge is 0.264 e. The van der Waals surface area contributed by atoms with E-state index in [4.69, 9.17) is 10.8 Å². The van der Waals surface area contributed by atoms with E-state index >= 15 is 0 Å². The lowest BCUT2D eigenvalue weighted by Crippen LogP contribution is -2.01. The summed E-state index contributed by atoms with van der Waals surface area (Å²) in [6, 6.07) is 1.84. The lowest BCUT2D eigenvalue weighted by Gasteiger charge is -2.07. The Morgan fingerprint density at radius 2 is 2.07 bits per heavy atom. The molecule has 0 radical (unpaired) electrons. The van der Waals surface area contributed by atoms with E-state index in [-0.39, 0.29) is 11.3 Å². The van der Waals surface area contributed by atoms with Crippen LogP contribution in [0, 0.1) is 0 Å². The van der Waals surface area contributed by atoms with Crippen molar-refractivity contribution < 1.29 is 18.7 Å². The van der Waals surface area contributed by atoms with Gasteiger partial charge in [-0.2, -0.15) is 0 Å². The first kappa shape index (κ1) is 10.4. The van der Waals surface area contributed by atoms with Gasteiger partial charge in [-0.3, -0.25) is 4.79 Å². The fraction of sp³-hybridized carbons (Fsp3) is 0.222. The number of rotatable bonds is 2. The molecule has 3 N–H and O–H groups in total. The zero-order valence-electron chi connectivity index (χ0n) is 7.42. The van der Waals surface area contributed by atoms with E-state index in [0.29, 0.717) is 0 Å². The van der Waals surface area contributed by atoms with Gasteiger partial charge >= 0.3 is 0 Å². The van der Waals surface area contributed by atoms with Gasteiger partial charge in [0.05, 0.1) is 5.69 Å². The van der Waals surface area contributed by atoms with Crippen molar-refractivity contribution in [3.63, 3.8) is 0 Å². The monoisotopic (exact) mass is 201 g/mol. The van der Waals surface area contributed by atoms with Crippen LogP contribution in [0.3, 0.4) is 0 Å². The number of aromatic hydroxyl groups is 1. The third kappa shape index (κ3) is 1.81. The van der Waals surface area contributed by atoms with E-state index in [1.807, 2.05) is 0 Å². The first-order valence-electron chi connectivity index (χ1n) is 3.85. The number of anilines is 1. The third-order valence-corrected chi connectivity index (χ3v) is 1.81. The van der Waals surface area contributed by atoms with E-state index < -0.39 is 23.5 Å². The number of hydrogen-bond donors (Lipinski definition) is 2. The van der Waals surface area contributed by atoms with Gasteiger partial charge in [-0.15, -0.1) is 0 Å². The maximum Gasteiger partial charge on any atom is 0.264 e. The maximum atomic E-state index is 12.3. The Balaban J connectivity index is 3.35. The molecule has 0 fully saturated rings. The Kier molecular flexibility index (Phi) is 2.69. The van der Waals surface area contributed by atoms with Crippen LogP contribution in [0.25, 0.3) is 0 Å². The molecular weight excluding hydrogens is 192 g/mol. The van der Waals surface area contributed by atoms with Gasteiger partial charge in [0, 0.05) is 11.1 Å². The number of phenols is 1. The van der Waals surface area contributed by atoms with Crippen molar-refractivity contribution in [2.75, 3.05) is 5.73 Å². The number of ketones is 1. The molecule has 0 heterocycles. The molecule has 1 rings (SSSR count). The van der Waals surface area contributed by atoms with E-state index in [0.717, 1.165) is 12.1 Å². The van der Waals surface area contributed by atoms with Crippen molar-refractivity contribution in [1.82, 2.24) is 0 Å². The van der Waals surface area contributed by atoms with Crippen LogP contribution in [-0.4, -0.2) is 10.9 Å². The molecule has 0 unspecified atom stereocenters. The number of phenolic OH excluding ortho intramolecular Hbond substituents is 1. The minimum absolute atomic E-state index is 0.0831. The topological polar surface area (TPSA) is 63.3 Å². The average molecular weight is 201 g/mol. The molecule has 14 heavy (non-hydrogen) atoms. The van der Waals surface area contributed by atoms with Crippen molar-refractivity contribution in [3.8, 4) is 5.75 Å². The van der Waals surface area contributed by atoms with Crippen LogP contribution in [-0.2, 0) is 0 Å². The molecule has 0 atom stereocenters. The summed E-state index contributed by atoms with van der Waals surface area (Å²) in [6.07, 6.45) is -2.74. The number of hydrogen-bond acceptors (Lipinski definition) is 3. The summed E-state index contributed by atoms with van der Waals surface area (Å²) in [7, 11) is 0. The molecule has 5 heteroatoms. The van der Waals surface area contributed by atoms with E-state index in [9.17, 15) is 13.6 Å². The van der Waals surface area contributed by atoms with E-state index in [1.54, 1.807) is 0 Å². The number of nitrogen functional groups attached to an aromatic ring is 1. The highest BCUT2D eigenvalue weighted by molar-refractivity contribution is 6.00. The number of alkyl halides is 2. The Bertz CT molecular complexity index is 377. The fourth-order valence-corrected chi connectivity index (χ4v) is 1.08. The summed E-state index contributed by atoms with van der Waals surface area (Å²) in [5.74, 6) is -0.951. The second kappa shape index (κ2) is 3.61. The minimum atomic E-state index is -2.74. The van der Waals surface area contributed by atoms with Crippen LogP contribution < -0.4 is 5.73 Å². The molecular formula is C9H9F2NO2. The van der Waals surface area contributed by atoms with Gasteiger partial charge in [-0.25, -0.2) is 8.78 Å². The Labute approximate surface area is 79.2 Å². The van der Waals surface area contributed by atoms with Gasteiger partial charge in [0.25, 0.3) is 6.43 Å². The second-order valence-electron chi connectivity index (χ2n) is 2.86. The number of halogens is 2. The molecule has 0 aliphatic carbocycles. The van der Waals surface area contributed by atoms with Crippen molar-refractivity contribution in [2.45, 2.75) is 13.3 Å². The molecule has 0 amide bonds. The highest BCUT2D eigenvalue weighted by atomic mass is 19.3. The standard InChI is InChI=1S/C9H9F2NO2/c1-4(13)6-2-5(9(10)11)3-7(14)8(6)12/h2-3,9,14H,12H2,1H3.